The van der Waals surface area contributed by atoms with Crippen LogP contribution in [0.4, 0.5) is 11.4 Å². The average Bonchev–Trinajstić information content (AvgIpc) is 2.84. The third kappa shape index (κ3) is 5.21. The first-order valence-corrected chi connectivity index (χ1v) is 13.2. The maximum atomic E-state index is 13.7. The van der Waals surface area contributed by atoms with Crippen LogP contribution < -0.4 is 0 Å². The standard InChI is InChI=1S/C24H16N2O6S3/c27-25(28)23-19(33-17-9-3-1-4-10-17)13-7-15-21(23)35(31,32)22-16-8-14-20(24(22)26(29)30)34-18-11-5-2-6-12-18/h1-16H. The van der Waals surface area contributed by atoms with Crippen molar-refractivity contribution in [2.24, 2.45) is 0 Å². The molecule has 0 bridgehead atoms. The first-order valence-electron chi connectivity index (χ1n) is 10.0. The van der Waals surface area contributed by atoms with E-state index in [1.54, 1.807) is 60.7 Å². The topological polar surface area (TPSA) is 120 Å². The highest BCUT2D eigenvalue weighted by molar-refractivity contribution is 8.00. The summed E-state index contributed by atoms with van der Waals surface area (Å²) in [4.78, 5) is 22.9. The monoisotopic (exact) mass is 524 g/mol. The molecule has 4 aromatic carbocycles. The lowest BCUT2D eigenvalue weighted by atomic mass is 10.3. The van der Waals surface area contributed by atoms with Gasteiger partial charge >= 0.3 is 11.4 Å². The zero-order chi connectivity index (χ0) is 25.0. The quantitative estimate of drug-likeness (QED) is 0.186. The predicted octanol–water partition coefficient (Wildman–Crippen LogP) is 6.64. The second kappa shape index (κ2) is 10.3. The Morgan fingerprint density at radius 3 is 1.26 bits per heavy atom. The Morgan fingerprint density at radius 2 is 0.914 bits per heavy atom. The number of nitro groups is 2. The van der Waals surface area contributed by atoms with Gasteiger partial charge in [0.1, 0.15) is 0 Å². The maximum absolute atomic E-state index is 13.7. The van der Waals surface area contributed by atoms with Crippen molar-refractivity contribution in [1.82, 2.24) is 0 Å². The van der Waals surface area contributed by atoms with Gasteiger partial charge in [-0.15, -0.1) is 0 Å². The van der Waals surface area contributed by atoms with E-state index < -0.39 is 40.8 Å². The molecular formula is C24H16N2O6S3. The van der Waals surface area contributed by atoms with E-state index in [9.17, 15) is 28.6 Å². The number of sulfone groups is 1. The van der Waals surface area contributed by atoms with Crippen molar-refractivity contribution in [3.63, 3.8) is 0 Å². The highest BCUT2D eigenvalue weighted by Crippen LogP contribution is 2.44. The van der Waals surface area contributed by atoms with Crippen LogP contribution in [0.1, 0.15) is 0 Å². The molecule has 0 saturated carbocycles. The van der Waals surface area contributed by atoms with Gasteiger partial charge in [0.25, 0.3) is 0 Å². The zero-order valence-electron chi connectivity index (χ0n) is 17.8. The summed E-state index contributed by atoms with van der Waals surface area (Å²) in [5, 5.41) is 24.1. The molecule has 0 atom stereocenters. The fourth-order valence-corrected chi connectivity index (χ4v) is 7.02. The molecule has 0 unspecified atom stereocenters. The van der Waals surface area contributed by atoms with Crippen LogP contribution in [-0.4, -0.2) is 18.3 Å². The van der Waals surface area contributed by atoms with E-state index in [-0.39, 0.29) is 9.79 Å². The molecule has 0 N–H and O–H groups in total. The Bertz CT molecular complexity index is 1400. The van der Waals surface area contributed by atoms with E-state index in [4.69, 9.17) is 0 Å². The molecule has 0 aliphatic heterocycles. The number of hydrogen-bond donors (Lipinski definition) is 0. The van der Waals surface area contributed by atoms with E-state index in [1.165, 1.54) is 24.3 Å². The molecule has 0 spiro atoms. The van der Waals surface area contributed by atoms with Crippen LogP contribution in [0.5, 0.6) is 0 Å². The molecule has 0 aliphatic rings. The zero-order valence-corrected chi connectivity index (χ0v) is 20.3. The third-order valence-electron chi connectivity index (χ3n) is 4.81. The predicted molar refractivity (Wildman–Crippen MR) is 133 cm³/mol. The minimum Gasteiger partial charge on any atom is -0.258 e. The number of nitrogens with zero attached hydrogens (tertiary/aromatic N) is 2. The summed E-state index contributed by atoms with van der Waals surface area (Å²) in [6.07, 6.45) is 0. The van der Waals surface area contributed by atoms with Crippen LogP contribution in [0.3, 0.4) is 0 Å². The summed E-state index contributed by atoms with van der Waals surface area (Å²) in [5.41, 5.74) is -1.26. The van der Waals surface area contributed by atoms with Gasteiger partial charge in [-0.2, -0.15) is 0 Å². The Kier molecular flexibility index (Phi) is 7.20. The summed E-state index contributed by atoms with van der Waals surface area (Å²) in [5.74, 6) is 0. The molecule has 4 aromatic rings. The molecule has 35 heavy (non-hydrogen) atoms. The smallest absolute Gasteiger partial charge is 0.258 e. The highest BCUT2D eigenvalue weighted by Gasteiger charge is 2.36. The molecule has 0 aromatic heterocycles. The van der Waals surface area contributed by atoms with E-state index in [0.29, 0.717) is 9.79 Å². The molecule has 4 rings (SSSR count). The van der Waals surface area contributed by atoms with Crippen LogP contribution in [0.25, 0.3) is 0 Å². The third-order valence-corrected chi connectivity index (χ3v) is 8.74. The van der Waals surface area contributed by atoms with Crippen LogP contribution in [-0.2, 0) is 9.84 Å². The van der Waals surface area contributed by atoms with Crippen molar-refractivity contribution < 1.29 is 18.3 Å². The largest absolute Gasteiger partial charge is 0.302 e. The minimum absolute atomic E-state index is 0.111. The molecular weight excluding hydrogens is 508 g/mol. The van der Waals surface area contributed by atoms with E-state index in [1.807, 2.05) is 0 Å². The number of benzene rings is 4. The van der Waals surface area contributed by atoms with Gasteiger partial charge < -0.3 is 0 Å². The Hall–Kier alpha value is -3.67. The van der Waals surface area contributed by atoms with Crippen molar-refractivity contribution in [2.45, 2.75) is 29.4 Å². The van der Waals surface area contributed by atoms with Crippen molar-refractivity contribution in [2.75, 3.05) is 0 Å². The fourth-order valence-electron chi connectivity index (χ4n) is 3.31. The second-order valence-corrected chi connectivity index (χ2v) is 11.2. The molecule has 176 valence electrons. The lowest BCUT2D eigenvalue weighted by molar-refractivity contribution is -0.391. The van der Waals surface area contributed by atoms with Gasteiger partial charge in [0.15, 0.2) is 9.79 Å². The summed E-state index contributed by atoms with van der Waals surface area (Å²) >= 11 is 2.08. The highest BCUT2D eigenvalue weighted by atomic mass is 32.2. The summed E-state index contributed by atoms with van der Waals surface area (Å²) in [7, 11) is -4.63. The van der Waals surface area contributed by atoms with E-state index >= 15 is 0 Å². The molecule has 0 radical (unpaired) electrons. The normalized spacial score (nSPS) is 11.2. The van der Waals surface area contributed by atoms with Crippen molar-refractivity contribution in [3.05, 3.63) is 117 Å². The lowest BCUT2D eigenvalue weighted by Crippen LogP contribution is -2.09. The van der Waals surface area contributed by atoms with Crippen molar-refractivity contribution in [3.8, 4) is 0 Å². The molecule has 0 saturated heterocycles. The summed E-state index contributed by atoms with van der Waals surface area (Å²) < 4.78 is 27.3. The molecule has 0 amide bonds. The van der Waals surface area contributed by atoms with Gasteiger partial charge in [0.05, 0.1) is 19.6 Å². The Labute approximate surface area is 209 Å². The van der Waals surface area contributed by atoms with Crippen LogP contribution in [0.2, 0.25) is 0 Å². The number of rotatable bonds is 8. The SMILES string of the molecule is O=[N+]([O-])c1c(Sc2ccccc2)cccc1S(=O)(=O)c1cccc(Sc2ccccc2)c1[N+](=O)[O-]. The average molecular weight is 525 g/mol. The molecule has 11 heteroatoms. The number of hydrogen-bond acceptors (Lipinski definition) is 8. The summed E-state index contributed by atoms with van der Waals surface area (Å²) in [6, 6.07) is 25.5. The Morgan fingerprint density at radius 1 is 0.543 bits per heavy atom. The van der Waals surface area contributed by atoms with Gasteiger partial charge in [0.2, 0.25) is 9.84 Å². The van der Waals surface area contributed by atoms with E-state index in [2.05, 4.69) is 0 Å². The molecule has 0 heterocycles. The Balaban J connectivity index is 1.87. The van der Waals surface area contributed by atoms with Crippen LogP contribution in [0, 0.1) is 20.2 Å². The van der Waals surface area contributed by atoms with Crippen LogP contribution in [0.15, 0.2) is 126 Å². The van der Waals surface area contributed by atoms with Crippen molar-refractivity contribution >= 4 is 44.7 Å². The lowest BCUT2D eigenvalue weighted by Gasteiger charge is -2.11. The van der Waals surface area contributed by atoms with E-state index in [0.717, 1.165) is 35.7 Å². The van der Waals surface area contributed by atoms with Crippen molar-refractivity contribution in [1.29, 1.82) is 0 Å². The maximum Gasteiger partial charge on any atom is 0.302 e. The van der Waals surface area contributed by atoms with Gasteiger partial charge in [-0.3, -0.25) is 20.2 Å². The van der Waals surface area contributed by atoms with Gasteiger partial charge in [-0.25, -0.2) is 8.42 Å². The first kappa shape index (κ1) is 24.5. The molecule has 0 fully saturated rings. The number of para-hydroxylation sites is 2. The fraction of sp³-hybridized carbons (Fsp3) is 0. The minimum atomic E-state index is -4.63. The van der Waals surface area contributed by atoms with Gasteiger partial charge in [-0.1, -0.05) is 72.1 Å². The van der Waals surface area contributed by atoms with Gasteiger partial charge in [0, 0.05) is 9.79 Å². The van der Waals surface area contributed by atoms with Crippen LogP contribution >= 0.6 is 23.5 Å². The molecule has 0 aliphatic carbocycles. The number of nitro benzene ring substituents is 2. The first-order chi connectivity index (χ1) is 16.8. The second-order valence-electron chi connectivity index (χ2n) is 7.05. The van der Waals surface area contributed by atoms with Gasteiger partial charge in [-0.05, 0) is 48.5 Å². The summed E-state index contributed by atoms with van der Waals surface area (Å²) in [6.45, 7) is 0. The molecule has 8 nitrogen and oxygen atoms in total.